The van der Waals surface area contributed by atoms with Gasteiger partial charge in [-0.2, -0.15) is 4.98 Å². The Balaban J connectivity index is 1.77. The Morgan fingerprint density at radius 2 is 1.93 bits per heavy atom. The third-order valence-corrected chi connectivity index (χ3v) is 3.96. The van der Waals surface area contributed by atoms with Gasteiger partial charge in [-0.3, -0.25) is 5.32 Å². The van der Waals surface area contributed by atoms with Crippen molar-refractivity contribution in [3.63, 3.8) is 0 Å². The van der Waals surface area contributed by atoms with Crippen molar-refractivity contribution in [3.8, 4) is 11.5 Å². The lowest BCUT2D eigenvalue weighted by atomic mass is 10.1. The van der Waals surface area contributed by atoms with Crippen molar-refractivity contribution in [1.82, 2.24) is 10.1 Å². The van der Waals surface area contributed by atoms with E-state index >= 15 is 0 Å². The lowest BCUT2D eigenvalue weighted by Gasteiger charge is -2.19. The molecular formula is C22H21F2N3O3. The van der Waals surface area contributed by atoms with E-state index in [0.717, 1.165) is 0 Å². The zero-order chi connectivity index (χ0) is 21.9. The highest BCUT2D eigenvalue weighted by molar-refractivity contribution is 5.85. The summed E-state index contributed by atoms with van der Waals surface area (Å²) in [6.07, 6.45) is 0.592. The van der Waals surface area contributed by atoms with Crippen LogP contribution in [0.1, 0.15) is 37.7 Å². The summed E-state index contributed by atoms with van der Waals surface area (Å²) in [5, 5.41) is 6.42. The number of rotatable bonds is 5. The summed E-state index contributed by atoms with van der Waals surface area (Å²) in [4.78, 5) is 16.1. The second-order valence-electron chi connectivity index (χ2n) is 7.57. The summed E-state index contributed by atoms with van der Waals surface area (Å²) >= 11 is 0. The topological polar surface area (TPSA) is 77.2 Å². The van der Waals surface area contributed by atoms with Crippen LogP contribution in [0.5, 0.6) is 0 Å². The van der Waals surface area contributed by atoms with Crippen molar-refractivity contribution in [3.05, 3.63) is 71.6 Å². The Morgan fingerprint density at radius 3 is 2.57 bits per heavy atom. The largest absolute Gasteiger partial charge is 0.444 e. The number of anilines is 1. The van der Waals surface area contributed by atoms with Crippen LogP contribution in [0.4, 0.5) is 19.3 Å². The van der Waals surface area contributed by atoms with Gasteiger partial charge in [0.1, 0.15) is 17.2 Å². The van der Waals surface area contributed by atoms with Crippen LogP contribution < -0.4 is 5.32 Å². The number of amides is 1. The number of carbonyl (C=O) groups is 1. The fraction of sp³-hybridized carbons (Fsp3) is 0.227. The molecule has 1 heterocycles. The van der Waals surface area contributed by atoms with Crippen molar-refractivity contribution in [2.24, 2.45) is 0 Å². The highest BCUT2D eigenvalue weighted by Gasteiger charge is 2.18. The molecule has 8 heteroatoms. The molecule has 156 valence electrons. The van der Waals surface area contributed by atoms with E-state index < -0.39 is 23.3 Å². The van der Waals surface area contributed by atoms with Gasteiger partial charge in [0.25, 0.3) is 5.89 Å². The monoisotopic (exact) mass is 413 g/mol. The van der Waals surface area contributed by atoms with E-state index in [9.17, 15) is 13.6 Å². The molecule has 0 radical (unpaired) electrons. The lowest BCUT2D eigenvalue weighted by molar-refractivity contribution is 0.0636. The molecule has 1 amide bonds. The van der Waals surface area contributed by atoms with Crippen LogP contribution in [-0.2, 0) is 11.2 Å². The number of hydrogen-bond donors (Lipinski definition) is 1. The van der Waals surface area contributed by atoms with Gasteiger partial charge in [-0.15, -0.1) is 0 Å². The standard InChI is InChI=1S/C22H21F2N3O3/c1-5-13-9-17(23)16(18(24)10-13)12-19-26-20(30-27-19)14-7-6-8-15(11-14)25-21(28)29-22(2,3)4/h5-11H,1,12H2,2-4H3,(H,25,28). The molecule has 2 aromatic carbocycles. The molecular weight excluding hydrogens is 392 g/mol. The minimum absolute atomic E-state index is 0.125. The Labute approximate surface area is 172 Å². The van der Waals surface area contributed by atoms with Crippen molar-refractivity contribution >= 4 is 17.9 Å². The molecule has 0 aliphatic rings. The average molecular weight is 413 g/mol. The normalized spacial score (nSPS) is 11.2. The summed E-state index contributed by atoms with van der Waals surface area (Å²) in [7, 11) is 0. The van der Waals surface area contributed by atoms with E-state index in [2.05, 4.69) is 22.0 Å². The van der Waals surface area contributed by atoms with Gasteiger partial charge >= 0.3 is 6.09 Å². The molecule has 0 spiro atoms. The number of carbonyl (C=O) groups excluding carboxylic acids is 1. The van der Waals surface area contributed by atoms with E-state index in [4.69, 9.17) is 9.26 Å². The Kier molecular flexibility index (Phi) is 5.96. The quantitative estimate of drug-likeness (QED) is 0.589. The lowest BCUT2D eigenvalue weighted by Crippen LogP contribution is -2.27. The third-order valence-electron chi connectivity index (χ3n) is 3.96. The maximum absolute atomic E-state index is 14.2. The van der Waals surface area contributed by atoms with E-state index in [0.29, 0.717) is 16.8 Å². The SMILES string of the molecule is C=Cc1cc(F)c(Cc2noc(-c3cccc(NC(=O)OC(C)(C)C)c3)n2)c(F)c1. The van der Waals surface area contributed by atoms with Gasteiger partial charge in [-0.1, -0.05) is 23.9 Å². The number of nitrogens with zero attached hydrogens (tertiary/aromatic N) is 2. The molecule has 0 atom stereocenters. The fourth-order valence-electron chi connectivity index (χ4n) is 2.66. The molecule has 0 saturated heterocycles. The molecule has 6 nitrogen and oxygen atoms in total. The van der Waals surface area contributed by atoms with Crippen molar-refractivity contribution in [2.75, 3.05) is 5.32 Å². The van der Waals surface area contributed by atoms with Crippen LogP contribution in [-0.4, -0.2) is 21.8 Å². The van der Waals surface area contributed by atoms with E-state index in [1.165, 1.54) is 18.2 Å². The zero-order valence-corrected chi connectivity index (χ0v) is 16.8. The first kappa shape index (κ1) is 21.2. The number of halogens is 2. The number of nitrogens with one attached hydrogen (secondary N) is 1. The minimum Gasteiger partial charge on any atom is -0.444 e. The minimum atomic E-state index is -0.709. The average Bonchev–Trinajstić information content (AvgIpc) is 3.12. The summed E-state index contributed by atoms with van der Waals surface area (Å²) in [6.45, 7) is 8.79. The molecule has 1 aromatic heterocycles. The zero-order valence-electron chi connectivity index (χ0n) is 16.8. The van der Waals surface area contributed by atoms with E-state index in [1.54, 1.807) is 45.0 Å². The maximum atomic E-state index is 14.2. The Hall–Kier alpha value is -3.55. The van der Waals surface area contributed by atoms with Gasteiger partial charge in [0.15, 0.2) is 5.82 Å². The molecule has 3 rings (SSSR count). The van der Waals surface area contributed by atoms with Gasteiger partial charge in [0.2, 0.25) is 0 Å². The van der Waals surface area contributed by atoms with Crippen molar-refractivity contribution < 1.29 is 22.8 Å². The summed E-state index contributed by atoms with van der Waals surface area (Å²) < 4.78 is 38.8. The van der Waals surface area contributed by atoms with Crippen LogP contribution in [0.25, 0.3) is 17.5 Å². The summed E-state index contributed by atoms with van der Waals surface area (Å²) in [5.74, 6) is -1.14. The first-order valence-corrected chi connectivity index (χ1v) is 9.18. The van der Waals surface area contributed by atoms with E-state index in [1.807, 2.05) is 0 Å². The molecule has 3 aromatic rings. The molecule has 0 aliphatic heterocycles. The first-order valence-electron chi connectivity index (χ1n) is 9.18. The van der Waals surface area contributed by atoms with Crippen LogP contribution in [0.15, 0.2) is 47.5 Å². The maximum Gasteiger partial charge on any atom is 0.412 e. The number of ether oxygens (including phenoxy) is 1. The van der Waals surface area contributed by atoms with E-state index in [-0.39, 0.29) is 23.7 Å². The van der Waals surface area contributed by atoms with Crippen LogP contribution in [0, 0.1) is 11.6 Å². The summed E-state index contributed by atoms with van der Waals surface area (Å²) in [5.41, 5.74) is 0.561. The van der Waals surface area contributed by atoms with Gasteiger partial charge in [-0.25, -0.2) is 13.6 Å². The molecule has 0 unspecified atom stereocenters. The van der Waals surface area contributed by atoms with Crippen molar-refractivity contribution in [1.29, 1.82) is 0 Å². The van der Waals surface area contributed by atoms with Gasteiger partial charge < -0.3 is 9.26 Å². The van der Waals surface area contributed by atoms with Gasteiger partial charge in [0.05, 0.1) is 0 Å². The first-order chi connectivity index (χ1) is 14.1. The molecule has 0 saturated carbocycles. The predicted molar refractivity (Wildman–Crippen MR) is 109 cm³/mol. The fourth-order valence-corrected chi connectivity index (χ4v) is 2.66. The number of benzene rings is 2. The van der Waals surface area contributed by atoms with Crippen LogP contribution >= 0.6 is 0 Å². The summed E-state index contributed by atoms with van der Waals surface area (Å²) in [6, 6.07) is 9.09. The highest BCUT2D eigenvalue weighted by atomic mass is 19.1. The van der Waals surface area contributed by atoms with Crippen LogP contribution in [0.2, 0.25) is 0 Å². The highest BCUT2D eigenvalue weighted by Crippen LogP contribution is 2.24. The van der Waals surface area contributed by atoms with Gasteiger partial charge in [-0.05, 0) is 56.7 Å². The van der Waals surface area contributed by atoms with Crippen molar-refractivity contribution in [2.45, 2.75) is 32.8 Å². The Morgan fingerprint density at radius 1 is 1.23 bits per heavy atom. The predicted octanol–water partition coefficient (Wildman–Crippen LogP) is 5.60. The molecule has 1 N–H and O–H groups in total. The van der Waals surface area contributed by atoms with Gasteiger partial charge in [0, 0.05) is 23.2 Å². The molecule has 0 bridgehead atoms. The number of aromatic nitrogens is 2. The smallest absolute Gasteiger partial charge is 0.412 e. The molecule has 30 heavy (non-hydrogen) atoms. The molecule has 0 fully saturated rings. The molecule has 0 aliphatic carbocycles. The third kappa shape index (κ3) is 5.28. The second-order valence-corrected chi connectivity index (χ2v) is 7.57. The van der Waals surface area contributed by atoms with Crippen LogP contribution in [0.3, 0.4) is 0 Å². The Bertz CT molecular complexity index is 1060. The second kappa shape index (κ2) is 8.44. The number of hydrogen-bond acceptors (Lipinski definition) is 5.